The SMILES string of the molecule is CC(=O)NCCc1ccccc1-c1ccc([C@H]2CNCC[C@@H]2c2ccn(C)c(=O)c2)c(C)c1. The largest absolute Gasteiger partial charge is 0.356 e. The molecule has 0 aliphatic carbocycles. The fourth-order valence-electron chi connectivity index (χ4n) is 5.03. The van der Waals surface area contributed by atoms with E-state index in [-0.39, 0.29) is 11.5 Å². The lowest BCUT2D eigenvalue weighted by molar-refractivity contribution is -0.118. The first-order valence-electron chi connectivity index (χ1n) is 11.7. The highest BCUT2D eigenvalue weighted by Crippen LogP contribution is 2.39. The highest BCUT2D eigenvalue weighted by molar-refractivity contribution is 5.73. The average molecular weight is 444 g/mol. The van der Waals surface area contributed by atoms with E-state index in [4.69, 9.17) is 0 Å². The van der Waals surface area contributed by atoms with Crippen LogP contribution in [0.25, 0.3) is 11.1 Å². The van der Waals surface area contributed by atoms with Gasteiger partial charge in [-0.05, 0) is 71.7 Å². The van der Waals surface area contributed by atoms with Crippen LogP contribution < -0.4 is 16.2 Å². The lowest BCUT2D eigenvalue weighted by atomic mass is 9.76. The molecule has 0 spiro atoms. The molecule has 1 amide bonds. The van der Waals surface area contributed by atoms with Gasteiger partial charge in [0.05, 0.1) is 0 Å². The van der Waals surface area contributed by atoms with E-state index in [1.165, 1.54) is 27.8 Å². The van der Waals surface area contributed by atoms with Crippen LogP contribution in [0.5, 0.6) is 0 Å². The highest BCUT2D eigenvalue weighted by atomic mass is 16.1. The van der Waals surface area contributed by atoms with Crippen molar-refractivity contribution in [3.05, 3.63) is 93.4 Å². The number of pyridine rings is 1. The number of rotatable bonds is 6. The van der Waals surface area contributed by atoms with Gasteiger partial charge in [-0.25, -0.2) is 0 Å². The number of nitrogens with zero attached hydrogens (tertiary/aromatic N) is 1. The van der Waals surface area contributed by atoms with Gasteiger partial charge >= 0.3 is 0 Å². The lowest BCUT2D eigenvalue weighted by Crippen LogP contribution is -2.35. The molecular formula is C28H33N3O2. The zero-order chi connectivity index (χ0) is 23.4. The van der Waals surface area contributed by atoms with Crippen molar-refractivity contribution >= 4 is 5.91 Å². The minimum atomic E-state index is -0.000375. The molecule has 2 aromatic carbocycles. The lowest BCUT2D eigenvalue weighted by Gasteiger charge is -2.34. The van der Waals surface area contributed by atoms with E-state index >= 15 is 0 Å². The molecule has 1 fully saturated rings. The van der Waals surface area contributed by atoms with Crippen LogP contribution in [0.2, 0.25) is 0 Å². The summed E-state index contributed by atoms with van der Waals surface area (Å²) in [7, 11) is 1.79. The van der Waals surface area contributed by atoms with Crippen molar-refractivity contribution in [2.24, 2.45) is 7.05 Å². The molecule has 0 bridgehead atoms. The Morgan fingerprint density at radius 3 is 2.70 bits per heavy atom. The van der Waals surface area contributed by atoms with Gasteiger partial charge < -0.3 is 15.2 Å². The fraction of sp³-hybridized carbons (Fsp3) is 0.357. The number of hydrogen-bond donors (Lipinski definition) is 2. The summed E-state index contributed by atoms with van der Waals surface area (Å²) in [5, 5.41) is 6.45. The third kappa shape index (κ3) is 5.25. The number of piperidine rings is 1. The van der Waals surface area contributed by atoms with Crippen molar-refractivity contribution < 1.29 is 4.79 Å². The van der Waals surface area contributed by atoms with Gasteiger partial charge in [0.15, 0.2) is 0 Å². The van der Waals surface area contributed by atoms with E-state index in [0.29, 0.717) is 18.4 Å². The summed E-state index contributed by atoms with van der Waals surface area (Å²) in [6, 6.07) is 19.1. The summed E-state index contributed by atoms with van der Waals surface area (Å²) in [6.07, 6.45) is 3.70. The van der Waals surface area contributed by atoms with E-state index in [1.807, 2.05) is 6.20 Å². The van der Waals surface area contributed by atoms with Gasteiger partial charge in [0.25, 0.3) is 5.56 Å². The summed E-state index contributed by atoms with van der Waals surface area (Å²) in [5.74, 6) is 0.657. The fourth-order valence-corrected chi connectivity index (χ4v) is 5.03. The van der Waals surface area contributed by atoms with Gasteiger partial charge in [-0.2, -0.15) is 0 Å². The average Bonchev–Trinajstić information content (AvgIpc) is 2.81. The normalized spacial score (nSPS) is 18.2. The quantitative estimate of drug-likeness (QED) is 0.607. The van der Waals surface area contributed by atoms with Gasteiger partial charge in [0.1, 0.15) is 0 Å². The number of nitrogens with one attached hydrogen (secondary N) is 2. The van der Waals surface area contributed by atoms with Crippen molar-refractivity contribution in [1.29, 1.82) is 0 Å². The number of hydrogen-bond acceptors (Lipinski definition) is 3. The second kappa shape index (κ2) is 10.2. The zero-order valence-corrected chi connectivity index (χ0v) is 19.7. The van der Waals surface area contributed by atoms with Crippen LogP contribution in [0.1, 0.15) is 47.4 Å². The predicted octanol–water partition coefficient (Wildman–Crippen LogP) is 3.90. The van der Waals surface area contributed by atoms with E-state index in [1.54, 1.807) is 24.6 Å². The molecule has 0 unspecified atom stereocenters. The highest BCUT2D eigenvalue weighted by Gasteiger charge is 2.29. The van der Waals surface area contributed by atoms with Gasteiger partial charge in [0.2, 0.25) is 5.91 Å². The maximum absolute atomic E-state index is 12.3. The number of amides is 1. The van der Waals surface area contributed by atoms with Crippen molar-refractivity contribution in [3.63, 3.8) is 0 Å². The summed E-state index contributed by atoms with van der Waals surface area (Å²) in [4.78, 5) is 23.5. The Balaban J connectivity index is 1.63. The van der Waals surface area contributed by atoms with Crippen LogP contribution in [0, 0.1) is 6.92 Å². The summed E-state index contributed by atoms with van der Waals surface area (Å²) >= 11 is 0. The first-order valence-corrected chi connectivity index (χ1v) is 11.7. The number of aryl methyl sites for hydroxylation is 2. The van der Waals surface area contributed by atoms with Gasteiger partial charge in [-0.1, -0.05) is 42.5 Å². The molecule has 0 saturated carbocycles. The van der Waals surface area contributed by atoms with Crippen molar-refractivity contribution in [1.82, 2.24) is 15.2 Å². The third-order valence-corrected chi connectivity index (χ3v) is 6.80. The Labute approximate surface area is 195 Å². The molecule has 0 radical (unpaired) electrons. The predicted molar refractivity (Wildman–Crippen MR) is 134 cm³/mol. The van der Waals surface area contributed by atoms with Crippen molar-refractivity contribution in [2.45, 2.75) is 38.5 Å². The third-order valence-electron chi connectivity index (χ3n) is 6.80. The van der Waals surface area contributed by atoms with E-state index in [9.17, 15) is 9.59 Å². The molecule has 1 saturated heterocycles. The van der Waals surface area contributed by atoms with Crippen LogP contribution in [-0.2, 0) is 18.3 Å². The van der Waals surface area contributed by atoms with Gasteiger partial charge in [-0.3, -0.25) is 9.59 Å². The van der Waals surface area contributed by atoms with Gasteiger partial charge in [0, 0.05) is 45.2 Å². The van der Waals surface area contributed by atoms with Crippen LogP contribution in [0.15, 0.2) is 65.6 Å². The summed E-state index contributed by atoms with van der Waals surface area (Å²) in [6.45, 7) is 6.25. The van der Waals surface area contributed by atoms with Crippen LogP contribution in [-0.4, -0.2) is 30.1 Å². The minimum absolute atomic E-state index is 0.000375. The maximum Gasteiger partial charge on any atom is 0.250 e. The smallest absolute Gasteiger partial charge is 0.250 e. The monoisotopic (exact) mass is 443 g/mol. The molecule has 2 atom stereocenters. The number of benzene rings is 2. The minimum Gasteiger partial charge on any atom is -0.356 e. The topological polar surface area (TPSA) is 63.1 Å². The molecule has 3 aromatic rings. The number of carbonyl (C=O) groups excluding carboxylic acids is 1. The maximum atomic E-state index is 12.3. The molecule has 172 valence electrons. The second-order valence-corrected chi connectivity index (χ2v) is 9.08. The molecule has 4 rings (SSSR count). The van der Waals surface area contributed by atoms with Crippen LogP contribution in [0.3, 0.4) is 0 Å². The van der Waals surface area contributed by atoms with Crippen molar-refractivity contribution in [2.75, 3.05) is 19.6 Å². The Kier molecular flexibility index (Phi) is 7.09. The van der Waals surface area contributed by atoms with E-state index in [0.717, 1.165) is 31.5 Å². The first kappa shape index (κ1) is 23.0. The van der Waals surface area contributed by atoms with Crippen molar-refractivity contribution in [3.8, 4) is 11.1 Å². The van der Waals surface area contributed by atoms with Crippen LogP contribution >= 0.6 is 0 Å². The summed E-state index contributed by atoms with van der Waals surface area (Å²) in [5.41, 5.74) is 7.44. The zero-order valence-electron chi connectivity index (χ0n) is 19.7. The Morgan fingerprint density at radius 1 is 1.12 bits per heavy atom. The summed E-state index contributed by atoms with van der Waals surface area (Å²) < 4.78 is 1.63. The molecule has 2 N–H and O–H groups in total. The van der Waals surface area contributed by atoms with E-state index < -0.39 is 0 Å². The van der Waals surface area contributed by atoms with E-state index in [2.05, 4.69) is 66.1 Å². The Morgan fingerprint density at radius 2 is 1.94 bits per heavy atom. The molecule has 2 heterocycles. The van der Waals surface area contributed by atoms with Gasteiger partial charge in [-0.15, -0.1) is 0 Å². The molecular weight excluding hydrogens is 410 g/mol. The molecule has 5 nitrogen and oxygen atoms in total. The molecule has 5 heteroatoms. The molecule has 1 aliphatic heterocycles. The standard InChI is InChI=1S/C28H33N3O2/c1-19-16-22(25-7-5-4-6-21(25)10-14-30-20(2)32)8-9-24(19)27-18-29-13-11-26(27)23-12-15-31(3)28(33)17-23/h4-9,12,15-17,26-27,29H,10-11,13-14,18H2,1-3H3,(H,30,32)/t26-,27-/m1/s1. The molecule has 1 aliphatic rings. The number of carbonyl (C=O) groups is 1. The molecule has 1 aromatic heterocycles. The number of aromatic nitrogens is 1. The first-order chi connectivity index (χ1) is 15.9. The second-order valence-electron chi connectivity index (χ2n) is 9.08. The Hall–Kier alpha value is -3.18. The van der Waals surface area contributed by atoms with Crippen LogP contribution in [0.4, 0.5) is 0 Å². The Bertz CT molecular complexity index is 1200. The molecule has 33 heavy (non-hydrogen) atoms.